The number of guanidine groups is 1. The molecule has 0 saturated carbocycles. The van der Waals surface area contributed by atoms with E-state index in [2.05, 4.69) is 33.8 Å². The number of rotatable bonds is 9. The first-order valence-electron chi connectivity index (χ1n) is 10.7. The molecule has 0 fully saturated rings. The molecule has 1 amide bonds. The third-order valence-corrected chi connectivity index (χ3v) is 5.24. The van der Waals surface area contributed by atoms with Gasteiger partial charge in [-0.2, -0.15) is 0 Å². The number of hydrogen-bond acceptors (Lipinski definition) is 3. The van der Waals surface area contributed by atoms with Crippen molar-refractivity contribution in [1.82, 2.24) is 15.5 Å². The largest absolute Gasteiger partial charge is 0.496 e. The fourth-order valence-corrected chi connectivity index (χ4v) is 3.66. The lowest BCUT2D eigenvalue weighted by molar-refractivity contribution is -0.131. The number of carbonyl (C=O) groups excluding carboxylic acids is 1. The third kappa shape index (κ3) is 7.41. The summed E-state index contributed by atoms with van der Waals surface area (Å²) in [4.78, 5) is 19.1. The number of aliphatic imine (C=N–C) groups is 1. The second-order valence-electron chi connectivity index (χ2n) is 7.37. The van der Waals surface area contributed by atoms with Crippen LogP contribution in [-0.4, -0.2) is 43.5 Å². The summed E-state index contributed by atoms with van der Waals surface area (Å²) in [5.74, 6) is 1.90. The molecular weight excluding hydrogens is 503 g/mol. The summed E-state index contributed by atoms with van der Waals surface area (Å²) < 4.78 is 5.41. The van der Waals surface area contributed by atoms with Gasteiger partial charge in [-0.05, 0) is 42.5 Å². The Kier molecular flexibility index (Phi) is 10.6. The first kappa shape index (κ1) is 25.0. The zero-order valence-corrected chi connectivity index (χ0v) is 20.7. The van der Waals surface area contributed by atoms with E-state index in [9.17, 15) is 4.79 Å². The predicted octanol–water partition coefficient (Wildman–Crippen LogP) is 3.73. The molecule has 7 heteroatoms. The van der Waals surface area contributed by atoms with Crippen molar-refractivity contribution in [2.75, 3.05) is 26.7 Å². The van der Waals surface area contributed by atoms with Gasteiger partial charge in [0, 0.05) is 39.1 Å². The topological polar surface area (TPSA) is 66.0 Å². The molecule has 2 N–H and O–H groups in total. The highest BCUT2D eigenvalue weighted by Gasteiger charge is 2.22. The van der Waals surface area contributed by atoms with Gasteiger partial charge in [0.2, 0.25) is 5.91 Å². The van der Waals surface area contributed by atoms with Crippen LogP contribution in [0.15, 0.2) is 53.5 Å². The molecule has 0 saturated heterocycles. The number of ether oxygens (including phenoxy) is 1. The minimum Gasteiger partial charge on any atom is -0.496 e. The van der Waals surface area contributed by atoms with Crippen molar-refractivity contribution in [2.24, 2.45) is 4.99 Å². The van der Waals surface area contributed by atoms with Crippen LogP contribution in [0.1, 0.15) is 36.5 Å². The number of fused-ring (bicyclic) bond motifs is 1. The number of hydrogen-bond donors (Lipinski definition) is 2. The molecule has 0 aromatic heterocycles. The maximum Gasteiger partial charge on any atom is 0.223 e. The van der Waals surface area contributed by atoms with E-state index in [1.165, 1.54) is 16.7 Å². The number of amides is 1. The number of para-hydroxylation sites is 1. The van der Waals surface area contributed by atoms with Crippen molar-refractivity contribution in [1.29, 1.82) is 0 Å². The van der Waals surface area contributed by atoms with Crippen molar-refractivity contribution in [3.05, 3.63) is 65.2 Å². The van der Waals surface area contributed by atoms with Gasteiger partial charge in [0.05, 0.1) is 7.11 Å². The van der Waals surface area contributed by atoms with Crippen LogP contribution in [0, 0.1) is 0 Å². The number of carbonyl (C=O) groups is 1. The van der Waals surface area contributed by atoms with E-state index >= 15 is 0 Å². The van der Waals surface area contributed by atoms with E-state index in [-0.39, 0.29) is 29.9 Å². The quantitative estimate of drug-likeness (QED) is 0.222. The molecule has 0 radical (unpaired) electrons. The number of nitrogens with zero attached hydrogens (tertiary/aromatic N) is 2. The molecule has 0 spiro atoms. The summed E-state index contributed by atoms with van der Waals surface area (Å²) in [6.45, 7) is 5.68. The molecule has 3 rings (SSSR count). The van der Waals surface area contributed by atoms with Gasteiger partial charge in [0.15, 0.2) is 5.96 Å². The van der Waals surface area contributed by atoms with Gasteiger partial charge in [0.1, 0.15) is 5.75 Å². The molecule has 168 valence electrons. The van der Waals surface area contributed by atoms with Crippen LogP contribution in [-0.2, 0) is 24.3 Å². The minimum absolute atomic E-state index is 0. The van der Waals surface area contributed by atoms with Gasteiger partial charge in [0.25, 0.3) is 0 Å². The van der Waals surface area contributed by atoms with Crippen LogP contribution in [0.3, 0.4) is 0 Å². The fraction of sp³-hybridized carbons (Fsp3) is 0.417. The van der Waals surface area contributed by atoms with E-state index in [4.69, 9.17) is 4.74 Å². The van der Waals surface area contributed by atoms with Gasteiger partial charge in [-0.3, -0.25) is 9.79 Å². The standard InChI is InChI=1S/C24H32N4O2.HI/c1-3-25-24(27-16-14-19-9-6-7-12-22(19)30-2)26-15-8-13-23(29)28-17-20-10-4-5-11-21(20)18-28;/h4-7,9-12H,3,8,13-18H2,1-2H3,(H2,25,26,27);1H. The maximum absolute atomic E-state index is 12.5. The SMILES string of the molecule is CCNC(=NCCCC(=O)N1Cc2ccccc2C1)NCCc1ccccc1OC.I. The molecule has 1 aliphatic heterocycles. The van der Waals surface area contributed by atoms with E-state index in [1.54, 1.807) is 7.11 Å². The number of nitrogens with one attached hydrogen (secondary N) is 2. The highest BCUT2D eigenvalue weighted by molar-refractivity contribution is 14.0. The van der Waals surface area contributed by atoms with Crippen LogP contribution < -0.4 is 15.4 Å². The first-order chi connectivity index (χ1) is 14.7. The summed E-state index contributed by atoms with van der Waals surface area (Å²) in [7, 11) is 1.69. The molecule has 6 nitrogen and oxygen atoms in total. The molecule has 0 unspecified atom stereocenters. The van der Waals surface area contributed by atoms with Crippen molar-refractivity contribution in [2.45, 2.75) is 39.3 Å². The zero-order valence-electron chi connectivity index (χ0n) is 18.4. The van der Waals surface area contributed by atoms with Crippen LogP contribution in [0.25, 0.3) is 0 Å². The molecule has 0 aliphatic carbocycles. The van der Waals surface area contributed by atoms with Gasteiger partial charge in [-0.1, -0.05) is 42.5 Å². The van der Waals surface area contributed by atoms with Crippen molar-refractivity contribution < 1.29 is 9.53 Å². The van der Waals surface area contributed by atoms with Crippen LogP contribution >= 0.6 is 24.0 Å². The van der Waals surface area contributed by atoms with E-state index in [0.29, 0.717) is 13.0 Å². The van der Waals surface area contributed by atoms with Gasteiger partial charge < -0.3 is 20.3 Å². The fourth-order valence-electron chi connectivity index (χ4n) is 3.66. The van der Waals surface area contributed by atoms with Crippen molar-refractivity contribution >= 4 is 35.8 Å². The average Bonchev–Trinajstić information content (AvgIpc) is 3.21. The first-order valence-corrected chi connectivity index (χ1v) is 10.7. The molecule has 0 bridgehead atoms. The Hall–Kier alpha value is -2.29. The number of halogens is 1. The molecule has 31 heavy (non-hydrogen) atoms. The summed E-state index contributed by atoms with van der Waals surface area (Å²) in [5, 5.41) is 6.63. The van der Waals surface area contributed by atoms with Gasteiger partial charge >= 0.3 is 0 Å². The summed E-state index contributed by atoms with van der Waals surface area (Å²) in [6.07, 6.45) is 2.12. The lowest BCUT2D eigenvalue weighted by Crippen LogP contribution is -2.38. The Bertz CT molecular complexity index is 847. The molecule has 1 aliphatic rings. The maximum atomic E-state index is 12.5. The summed E-state index contributed by atoms with van der Waals surface area (Å²) in [6, 6.07) is 16.3. The highest BCUT2D eigenvalue weighted by atomic mass is 127. The lowest BCUT2D eigenvalue weighted by atomic mass is 10.1. The van der Waals surface area contributed by atoms with E-state index in [1.807, 2.05) is 42.2 Å². The van der Waals surface area contributed by atoms with E-state index < -0.39 is 0 Å². The second-order valence-corrected chi connectivity index (χ2v) is 7.37. The normalized spacial score (nSPS) is 12.7. The molecule has 1 heterocycles. The Morgan fingerprint density at radius 2 is 1.74 bits per heavy atom. The Morgan fingerprint density at radius 3 is 2.42 bits per heavy atom. The second kappa shape index (κ2) is 13.2. The Labute approximate surface area is 202 Å². The Balaban J connectivity index is 0.00000341. The van der Waals surface area contributed by atoms with Crippen LogP contribution in [0.4, 0.5) is 0 Å². The van der Waals surface area contributed by atoms with Crippen molar-refractivity contribution in [3.63, 3.8) is 0 Å². The highest BCUT2D eigenvalue weighted by Crippen LogP contribution is 2.23. The number of benzene rings is 2. The van der Waals surface area contributed by atoms with Gasteiger partial charge in [-0.15, -0.1) is 24.0 Å². The predicted molar refractivity (Wildman–Crippen MR) is 136 cm³/mol. The van der Waals surface area contributed by atoms with Crippen LogP contribution in [0.5, 0.6) is 5.75 Å². The van der Waals surface area contributed by atoms with Crippen LogP contribution in [0.2, 0.25) is 0 Å². The minimum atomic E-state index is 0. The summed E-state index contributed by atoms with van der Waals surface area (Å²) in [5.41, 5.74) is 3.69. The lowest BCUT2D eigenvalue weighted by Gasteiger charge is -2.15. The van der Waals surface area contributed by atoms with Gasteiger partial charge in [-0.25, -0.2) is 0 Å². The molecular formula is C24H33IN4O2. The molecule has 2 aromatic carbocycles. The third-order valence-electron chi connectivity index (χ3n) is 5.24. The summed E-state index contributed by atoms with van der Waals surface area (Å²) >= 11 is 0. The molecule has 2 aromatic rings. The monoisotopic (exact) mass is 536 g/mol. The Morgan fingerprint density at radius 1 is 1.06 bits per heavy atom. The average molecular weight is 536 g/mol. The van der Waals surface area contributed by atoms with Crippen molar-refractivity contribution in [3.8, 4) is 5.75 Å². The van der Waals surface area contributed by atoms with E-state index in [0.717, 1.165) is 50.7 Å². The zero-order chi connectivity index (χ0) is 21.2. The molecule has 0 atom stereocenters. The smallest absolute Gasteiger partial charge is 0.223 e. The number of methoxy groups -OCH3 is 1.